The molecule has 3 rings (SSSR count). The minimum Gasteiger partial charge on any atom is -0.331 e. The van der Waals surface area contributed by atoms with Gasteiger partial charge in [0, 0.05) is 19.0 Å². The molecule has 1 aliphatic rings. The first kappa shape index (κ1) is 16.1. The van der Waals surface area contributed by atoms with Crippen molar-refractivity contribution in [2.75, 3.05) is 6.54 Å². The molecular formula is C16H20FN3O2S. The number of sulfonamides is 1. The number of imidazole rings is 1. The summed E-state index contributed by atoms with van der Waals surface area (Å²) in [5.41, 5.74) is 2.32. The molecule has 2 aromatic rings. The number of rotatable bonds is 3. The minimum atomic E-state index is -3.65. The van der Waals surface area contributed by atoms with Crippen LogP contribution in [0.25, 0.3) is 0 Å². The Morgan fingerprint density at radius 1 is 1.30 bits per heavy atom. The van der Waals surface area contributed by atoms with E-state index in [0.717, 1.165) is 11.4 Å². The fraction of sp³-hybridized carbons (Fsp3) is 0.438. The van der Waals surface area contributed by atoms with E-state index in [1.54, 1.807) is 13.3 Å². The predicted molar refractivity (Wildman–Crippen MR) is 85.0 cm³/mol. The van der Waals surface area contributed by atoms with Crippen LogP contribution in [0.1, 0.15) is 36.8 Å². The maximum absolute atomic E-state index is 13.3. The lowest BCUT2D eigenvalue weighted by atomic mass is 10.2. The number of fused-ring (bicyclic) bond motifs is 1. The lowest BCUT2D eigenvalue weighted by Crippen LogP contribution is -2.37. The zero-order valence-corrected chi connectivity index (χ0v) is 14.3. The molecule has 0 saturated heterocycles. The summed E-state index contributed by atoms with van der Waals surface area (Å²) in [6.45, 7) is 6.39. The van der Waals surface area contributed by atoms with Crippen LogP contribution in [-0.4, -0.2) is 28.8 Å². The maximum Gasteiger partial charge on any atom is 0.243 e. The predicted octanol–water partition coefficient (Wildman–Crippen LogP) is 2.66. The molecule has 0 amide bonds. The second kappa shape index (κ2) is 5.72. The molecule has 1 aliphatic heterocycles. The van der Waals surface area contributed by atoms with Gasteiger partial charge in [-0.15, -0.1) is 0 Å². The zero-order valence-electron chi connectivity index (χ0n) is 13.5. The Labute approximate surface area is 135 Å². The van der Waals surface area contributed by atoms with Gasteiger partial charge in [-0.2, -0.15) is 4.31 Å². The summed E-state index contributed by atoms with van der Waals surface area (Å²) in [7, 11) is -3.65. The van der Waals surface area contributed by atoms with Gasteiger partial charge in [-0.1, -0.05) is 0 Å². The first-order valence-corrected chi connectivity index (χ1v) is 9.05. The Morgan fingerprint density at radius 3 is 2.70 bits per heavy atom. The summed E-state index contributed by atoms with van der Waals surface area (Å²) in [6, 6.07) is 4.00. The molecule has 0 atom stereocenters. The van der Waals surface area contributed by atoms with Crippen LogP contribution < -0.4 is 0 Å². The molecule has 0 saturated carbocycles. The number of nitrogens with zero attached hydrogens (tertiary/aromatic N) is 3. The van der Waals surface area contributed by atoms with Crippen LogP contribution in [0.5, 0.6) is 0 Å². The average Bonchev–Trinajstić information content (AvgIpc) is 2.89. The van der Waals surface area contributed by atoms with Gasteiger partial charge < -0.3 is 4.57 Å². The zero-order chi connectivity index (χ0) is 16.8. The molecule has 5 nitrogen and oxygen atoms in total. The molecule has 0 spiro atoms. The Hall–Kier alpha value is -1.73. The molecule has 23 heavy (non-hydrogen) atoms. The van der Waals surface area contributed by atoms with E-state index in [4.69, 9.17) is 0 Å². The summed E-state index contributed by atoms with van der Waals surface area (Å²) < 4.78 is 42.5. The third-order valence-electron chi connectivity index (χ3n) is 4.22. The lowest BCUT2D eigenvalue weighted by molar-refractivity contribution is 0.372. The van der Waals surface area contributed by atoms with Gasteiger partial charge in [0.25, 0.3) is 0 Å². The van der Waals surface area contributed by atoms with Crippen LogP contribution in [0.3, 0.4) is 0 Å². The molecule has 0 fully saturated rings. The van der Waals surface area contributed by atoms with E-state index in [1.165, 1.54) is 22.5 Å². The van der Waals surface area contributed by atoms with Crippen molar-refractivity contribution in [2.24, 2.45) is 0 Å². The molecule has 0 N–H and O–H groups in total. The molecule has 7 heteroatoms. The van der Waals surface area contributed by atoms with E-state index in [1.807, 2.05) is 18.4 Å². The van der Waals surface area contributed by atoms with Crippen molar-refractivity contribution in [1.29, 1.82) is 0 Å². The first-order chi connectivity index (χ1) is 10.8. The highest BCUT2D eigenvalue weighted by molar-refractivity contribution is 7.89. The highest BCUT2D eigenvalue weighted by Crippen LogP contribution is 2.27. The van der Waals surface area contributed by atoms with Gasteiger partial charge in [-0.05, 0) is 44.5 Å². The van der Waals surface area contributed by atoms with Crippen LogP contribution in [0.4, 0.5) is 4.39 Å². The number of aryl methyl sites for hydroxylation is 1. The highest BCUT2D eigenvalue weighted by atomic mass is 32.2. The van der Waals surface area contributed by atoms with E-state index in [0.29, 0.717) is 25.1 Å². The summed E-state index contributed by atoms with van der Waals surface area (Å²) >= 11 is 0. The van der Waals surface area contributed by atoms with Crippen molar-refractivity contribution in [3.63, 3.8) is 0 Å². The normalized spacial score (nSPS) is 15.9. The standard InChI is InChI=1S/C16H20FN3O2S/c1-11(2)20-10-18-14-6-7-19(9-15(14)20)23(21,22)16-5-4-13(17)8-12(16)3/h4-5,8,10-11H,6-7,9H2,1-3H3. The van der Waals surface area contributed by atoms with Gasteiger partial charge in [-0.3, -0.25) is 0 Å². The number of aromatic nitrogens is 2. The van der Waals surface area contributed by atoms with Crippen LogP contribution in [0.2, 0.25) is 0 Å². The Morgan fingerprint density at radius 2 is 2.04 bits per heavy atom. The van der Waals surface area contributed by atoms with E-state index in [2.05, 4.69) is 4.98 Å². The van der Waals surface area contributed by atoms with Crippen molar-refractivity contribution in [3.05, 3.63) is 47.3 Å². The Kier molecular flexibility index (Phi) is 4.01. The monoisotopic (exact) mass is 337 g/mol. The lowest BCUT2D eigenvalue weighted by Gasteiger charge is -2.28. The molecule has 0 unspecified atom stereocenters. The smallest absolute Gasteiger partial charge is 0.243 e. The minimum absolute atomic E-state index is 0.165. The number of hydrogen-bond acceptors (Lipinski definition) is 3. The summed E-state index contributed by atoms with van der Waals surface area (Å²) in [5, 5.41) is 0. The van der Waals surface area contributed by atoms with Gasteiger partial charge in [0.1, 0.15) is 5.82 Å². The number of halogens is 1. The topological polar surface area (TPSA) is 55.2 Å². The van der Waals surface area contributed by atoms with Crippen molar-refractivity contribution in [1.82, 2.24) is 13.9 Å². The van der Waals surface area contributed by atoms with Gasteiger partial charge in [0.05, 0.1) is 29.2 Å². The van der Waals surface area contributed by atoms with Crippen molar-refractivity contribution in [2.45, 2.75) is 44.7 Å². The van der Waals surface area contributed by atoms with Crippen LogP contribution in [0.15, 0.2) is 29.4 Å². The molecular weight excluding hydrogens is 317 g/mol. The first-order valence-electron chi connectivity index (χ1n) is 7.61. The molecule has 0 radical (unpaired) electrons. The second-order valence-electron chi connectivity index (χ2n) is 6.14. The van der Waals surface area contributed by atoms with Gasteiger partial charge in [0.2, 0.25) is 10.0 Å². The fourth-order valence-electron chi connectivity index (χ4n) is 2.98. The summed E-state index contributed by atoms with van der Waals surface area (Å²) in [5.74, 6) is -0.430. The second-order valence-corrected chi connectivity index (χ2v) is 8.04. The molecule has 0 aliphatic carbocycles. The van der Waals surface area contributed by atoms with E-state index in [-0.39, 0.29) is 10.9 Å². The molecule has 0 bridgehead atoms. The Bertz CT molecular complexity index is 843. The molecule has 1 aromatic carbocycles. The van der Waals surface area contributed by atoms with Gasteiger partial charge >= 0.3 is 0 Å². The third-order valence-corrected chi connectivity index (χ3v) is 6.22. The van der Waals surface area contributed by atoms with Crippen LogP contribution >= 0.6 is 0 Å². The van der Waals surface area contributed by atoms with E-state index in [9.17, 15) is 12.8 Å². The number of hydrogen-bond donors (Lipinski definition) is 0. The highest BCUT2D eigenvalue weighted by Gasteiger charge is 2.31. The Balaban J connectivity index is 1.97. The molecule has 124 valence electrons. The van der Waals surface area contributed by atoms with Crippen molar-refractivity contribution in [3.8, 4) is 0 Å². The summed E-state index contributed by atoms with van der Waals surface area (Å²) in [4.78, 5) is 4.55. The fourth-order valence-corrected chi connectivity index (χ4v) is 4.58. The van der Waals surface area contributed by atoms with Crippen LogP contribution in [0, 0.1) is 12.7 Å². The quantitative estimate of drug-likeness (QED) is 0.865. The SMILES string of the molecule is Cc1cc(F)ccc1S(=O)(=O)N1CCc2ncn(C(C)C)c2C1. The van der Waals surface area contributed by atoms with Crippen molar-refractivity contribution < 1.29 is 12.8 Å². The molecule has 2 heterocycles. The van der Waals surface area contributed by atoms with E-state index >= 15 is 0 Å². The summed E-state index contributed by atoms with van der Waals surface area (Å²) in [6.07, 6.45) is 2.36. The van der Waals surface area contributed by atoms with Gasteiger partial charge in [-0.25, -0.2) is 17.8 Å². The van der Waals surface area contributed by atoms with Gasteiger partial charge in [0.15, 0.2) is 0 Å². The average molecular weight is 337 g/mol. The number of benzene rings is 1. The largest absolute Gasteiger partial charge is 0.331 e. The maximum atomic E-state index is 13.3. The van der Waals surface area contributed by atoms with Crippen LogP contribution in [-0.2, 0) is 23.0 Å². The molecule has 1 aromatic heterocycles. The van der Waals surface area contributed by atoms with E-state index < -0.39 is 15.8 Å². The third kappa shape index (κ3) is 2.79. The van der Waals surface area contributed by atoms with Crippen molar-refractivity contribution >= 4 is 10.0 Å².